The largest absolute Gasteiger partial charge is 0.485 e. The van der Waals surface area contributed by atoms with Crippen LogP contribution in [-0.2, 0) is 11.4 Å². The van der Waals surface area contributed by atoms with E-state index in [9.17, 15) is 14.9 Å². The molecule has 0 atom stereocenters. The number of hydrogen-bond donors (Lipinski definition) is 1. The second kappa shape index (κ2) is 10.6. The fourth-order valence-corrected chi connectivity index (χ4v) is 3.95. The number of nitrogens with zero attached hydrogens (tertiary/aromatic N) is 4. The highest BCUT2D eigenvalue weighted by Gasteiger charge is 2.17. The highest BCUT2D eigenvalue weighted by Crippen LogP contribution is 2.24. The van der Waals surface area contributed by atoms with Crippen LogP contribution in [-0.4, -0.2) is 31.3 Å². The molecule has 0 aliphatic carbocycles. The van der Waals surface area contributed by atoms with Crippen molar-refractivity contribution in [1.82, 2.24) is 14.8 Å². The second-order valence-electron chi connectivity index (χ2n) is 7.26. The summed E-state index contributed by atoms with van der Waals surface area (Å²) in [6, 6.07) is 23.0. The Kier molecular flexibility index (Phi) is 7.19. The van der Waals surface area contributed by atoms with Crippen LogP contribution >= 0.6 is 11.8 Å². The van der Waals surface area contributed by atoms with Gasteiger partial charge in [0.05, 0.1) is 10.7 Å². The van der Waals surface area contributed by atoms with Gasteiger partial charge in [0.15, 0.2) is 11.0 Å². The first-order valence-electron chi connectivity index (χ1n) is 10.4. The molecule has 0 saturated carbocycles. The van der Waals surface area contributed by atoms with Crippen molar-refractivity contribution >= 4 is 29.0 Å². The molecule has 1 amide bonds. The van der Waals surface area contributed by atoms with Gasteiger partial charge in [-0.3, -0.25) is 19.5 Å². The number of aryl methyl sites for hydroxylation is 1. The van der Waals surface area contributed by atoms with Crippen LogP contribution in [0, 0.1) is 17.0 Å². The van der Waals surface area contributed by atoms with E-state index in [-0.39, 0.29) is 24.0 Å². The Morgan fingerprint density at radius 2 is 1.74 bits per heavy atom. The van der Waals surface area contributed by atoms with Gasteiger partial charge < -0.3 is 10.1 Å². The lowest BCUT2D eigenvalue weighted by Crippen LogP contribution is -2.14. The van der Waals surface area contributed by atoms with Gasteiger partial charge in [0.2, 0.25) is 5.91 Å². The van der Waals surface area contributed by atoms with Crippen molar-refractivity contribution in [2.24, 2.45) is 0 Å². The summed E-state index contributed by atoms with van der Waals surface area (Å²) < 4.78 is 7.83. The number of amides is 1. The zero-order valence-corrected chi connectivity index (χ0v) is 19.1. The number of non-ortho nitro benzene ring substituents is 1. The number of nitro benzene ring substituents is 1. The van der Waals surface area contributed by atoms with Crippen LogP contribution in [0.1, 0.15) is 11.4 Å². The molecule has 172 valence electrons. The van der Waals surface area contributed by atoms with Crippen molar-refractivity contribution in [3.63, 3.8) is 0 Å². The second-order valence-corrected chi connectivity index (χ2v) is 8.21. The third-order valence-corrected chi connectivity index (χ3v) is 5.79. The summed E-state index contributed by atoms with van der Waals surface area (Å²) in [6.07, 6.45) is 0. The Hall–Kier alpha value is -4.18. The van der Waals surface area contributed by atoms with E-state index in [1.54, 1.807) is 0 Å². The molecular weight excluding hydrogens is 454 g/mol. The van der Waals surface area contributed by atoms with Crippen molar-refractivity contribution in [2.75, 3.05) is 11.1 Å². The van der Waals surface area contributed by atoms with Gasteiger partial charge in [0, 0.05) is 23.5 Å². The molecule has 4 rings (SSSR count). The zero-order chi connectivity index (χ0) is 23.9. The first-order valence-corrected chi connectivity index (χ1v) is 11.3. The monoisotopic (exact) mass is 475 g/mol. The molecule has 0 aliphatic rings. The number of nitro groups is 1. The quantitative estimate of drug-likeness (QED) is 0.210. The molecule has 9 nitrogen and oxygen atoms in total. The van der Waals surface area contributed by atoms with Gasteiger partial charge in [-0.2, -0.15) is 0 Å². The van der Waals surface area contributed by atoms with Crippen molar-refractivity contribution in [2.45, 2.75) is 18.7 Å². The smallest absolute Gasteiger partial charge is 0.269 e. The molecule has 1 aromatic heterocycles. The Labute approximate surface area is 199 Å². The van der Waals surface area contributed by atoms with Crippen LogP contribution in [0.2, 0.25) is 0 Å². The van der Waals surface area contributed by atoms with E-state index >= 15 is 0 Å². The number of carbonyl (C=O) groups excluding carboxylic acids is 1. The highest BCUT2D eigenvalue weighted by molar-refractivity contribution is 7.99. The maximum absolute atomic E-state index is 12.5. The van der Waals surface area contributed by atoms with E-state index in [1.165, 1.54) is 36.0 Å². The number of benzene rings is 3. The van der Waals surface area contributed by atoms with E-state index in [4.69, 9.17) is 4.74 Å². The first kappa shape index (κ1) is 23.0. The number of para-hydroxylation sites is 2. The normalized spacial score (nSPS) is 10.6. The van der Waals surface area contributed by atoms with Crippen LogP contribution < -0.4 is 10.1 Å². The Balaban J connectivity index is 1.47. The summed E-state index contributed by atoms with van der Waals surface area (Å²) in [5, 5.41) is 22.6. The third-order valence-electron chi connectivity index (χ3n) is 4.86. The predicted octanol–water partition coefficient (Wildman–Crippen LogP) is 4.79. The van der Waals surface area contributed by atoms with Crippen LogP contribution in [0.3, 0.4) is 0 Å². The summed E-state index contributed by atoms with van der Waals surface area (Å²) in [5.41, 5.74) is 2.32. The van der Waals surface area contributed by atoms with E-state index < -0.39 is 4.92 Å². The molecule has 10 heteroatoms. The van der Waals surface area contributed by atoms with E-state index in [1.807, 2.05) is 66.1 Å². The molecule has 1 N–H and O–H groups in total. The van der Waals surface area contributed by atoms with Crippen molar-refractivity contribution in [1.29, 1.82) is 0 Å². The molecular formula is C24H21N5O4S. The molecule has 34 heavy (non-hydrogen) atoms. The molecule has 0 radical (unpaired) electrons. The number of hydrogen-bond acceptors (Lipinski definition) is 7. The van der Waals surface area contributed by atoms with Gasteiger partial charge in [-0.1, -0.05) is 48.2 Å². The summed E-state index contributed by atoms with van der Waals surface area (Å²) in [5.74, 6) is 1.19. The lowest BCUT2D eigenvalue weighted by atomic mass is 10.2. The SMILES string of the molecule is Cc1ccccc1OCc1nnc(SCC(=O)Nc2ccc([N+](=O)[O-])cc2)n1-c1ccccc1. The van der Waals surface area contributed by atoms with Gasteiger partial charge in [-0.05, 0) is 42.8 Å². The number of carbonyl (C=O) groups is 1. The van der Waals surface area contributed by atoms with Crippen LogP contribution in [0.25, 0.3) is 5.69 Å². The Morgan fingerprint density at radius 3 is 2.44 bits per heavy atom. The highest BCUT2D eigenvalue weighted by atomic mass is 32.2. The number of nitrogens with one attached hydrogen (secondary N) is 1. The van der Waals surface area contributed by atoms with Crippen LogP contribution in [0.5, 0.6) is 5.75 Å². The van der Waals surface area contributed by atoms with E-state index in [2.05, 4.69) is 15.5 Å². The summed E-state index contributed by atoms with van der Waals surface area (Å²) in [7, 11) is 0. The molecule has 3 aromatic carbocycles. The van der Waals surface area contributed by atoms with Gasteiger partial charge in [0.1, 0.15) is 12.4 Å². The molecule has 4 aromatic rings. The van der Waals surface area contributed by atoms with Gasteiger partial charge in [-0.25, -0.2) is 0 Å². The molecule has 0 aliphatic heterocycles. The average Bonchev–Trinajstić information content (AvgIpc) is 3.26. The third kappa shape index (κ3) is 5.59. The van der Waals surface area contributed by atoms with E-state index in [0.717, 1.165) is 17.0 Å². The molecule has 0 spiro atoms. The maximum atomic E-state index is 12.5. The van der Waals surface area contributed by atoms with Crippen LogP contribution in [0.4, 0.5) is 11.4 Å². The van der Waals surface area contributed by atoms with Crippen molar-refractivity contribution in [3.8, 4) is 11.4 Å². The van der Waals surface area contributed by atoms with E-state index in [0.29, 0.717) is 16.7 Å². The maximum Gasteiger partial charge on any atom is 0.269 e. The molecule has 1 heterocycles. The zero-order valence-electron chi connectivity index (χ0n) is 18.2. The van der Waals surface area contributed by atoms with Crippen molar-refractivity contribution < 1.29 is 14.5 Å². The number of thioether (sulfide) groups is 1. The summed E-state index contributed by atoms with van der Waals surface area (Å²) in [4.78, 5) is 22.8. The number of anilines is 1. The topological polar surface area (TPSA) is 112 Å². The standard InChI is InChI=1S/C24H21N5O4S/c1-17-7-5-6-10-21(17)33-15-22-26-27-24(28(22)19-8-3-2-4-9-19)34-16-23(30)25-18-11-13-20(14-12-18)29(31)32/h2-14H,15-16H2,1H3,(H,25,30). The minimum atomic E-state index is -0.488. The molecule has 0 bridgehead atoms. The summed E-state index contributed by atoms with van der Waals surface area (Å²) in [6.45, 7) is 2.18. The number of aromatic nitrogens is 3. The Morgan fingerprint density at radius 1 is 1.03 bits per heavy atom. The average molecular weight is 476 g/mol. The number of rotatable bonds is 9. The minimum Gasteiger partial charge on any atom is -0.485 e. The predicted molar refractivity (Wildman–Crippen MR) is 129 cm³/mol. The molecule has 0 saturated heterocycles. The lowest BCUT2D eigenvalue weighted by molar-refractivity contribution is -0.384. The number of ether oxygens (including phenoxy) is 1. The lowest BCUT2D eigenvalue weighted by Gasteiger charge is -2.12. The fraction of sp³-hybridized carbons (Fsp3) is 0.125. The first-order chi connectivity index (χ1) is 16.5. The summed E-state index contributed by atoms with van der Waals surface area (Å²) >= 11 is 1.24. The Bertz CT molecular complexity index is 1290. The van der Waals surface area contributed by atoms with Gasteiger partial charge in [-0.15, -0.1) is 10.2 Å². The minimum absolute atomic E-state index is 0.0382. The molecule has 0 fully saturated rings. The van der Waals surface area contributed by atoms with Crippen molar-refractivity contribution in [3.05, 3.63) is 100 Å². The van der Waals surface area contributed by atoms with Gasteiger partial charge >= 0.3 is 0 Å². The van der Waals surface area contributed by atoms with Crippen LogP contribution in [0.15, 0.2) is 84.0 Å². The van der Waals surface area contributed by atoms with Gasteiger partial charge in [0.25, 0.3) is 5.69 Å². The molecule has 0 unspecified atom stereocenters. The fourth-order valence-electron chi connectivity index (χ4n) is 3.18.